The molecule has 0 aromatic heterocycles. The Balaban J connectivity index is 1.30. The van der Waals surface area contributed by atoms with Crippen molar-refractivity contribution in [2.75, 3.05) is 0 Å². The molecule has 2 saturated carbocycles. The van der Waals surface area contributed by atoms with Gasteiger partial charge in [-0.2, -0.15) is 0 Å². The van der Waals surface area contributed by atoms with E-state index in [2.05, 4.69) is 38.1 Å². The third-order valence-corrected chi connectivity index (χ3v) is 13.1. The highest BCUT2D eigenvalue weighted by Crippen LogP contribution is 2.58. The van der Waals surface area contributed by atoms with Crippen molar-refractivity contribution in [3.63, 3.8) is 0 Å². The Labute approximate surface area is 281 Å². The summed E-state index contributed by atoms with van der Waals surface area (Å²) < 4.78 is 0. The van der Waals surface area contributed by atoms with Crippen LogP contribution in [-0.2, 0) is 10.8 Å². The molecule has 0 aliphatic heterocycles. The molecule has 0 unspecified atom stereocenters. The van der Waals surface area contributed by atoms with Crippen molar-refractivity contribution in [2.24, 2.45) is 17.3 Å². The highest BCUT2D eigenvalue weighted by molar-refractivity contribution is 5.54. The maximum Gasteiger partial charge on any atom is 0.118 e. The van der Waals surface area contributed by atoms with Crippen molar-refractivity contribution >= 4 is 0 Å². The average molecular weight is 633 g/mol. The van der Waals surface area contributed by atoms with Gasteiger partial charge in [0.25, 0.3) is 0 Å². The first-order valence-electron chi connectivity index (χ1n) is 17.5. The van der Waals surface area contributed by atoms with E-state index in [-0.39, 0.29) is 16.2 Å². The van der Waals surface area contributed by atoms with Gasteiger partial charge < -0.3 is 20.4 Å². The van der Waals surface area contributed by atoms with Gasteiger partial charge >= 0.3 is 0 Å². The van der Waals surface area contributed by atoms with Crippen LogP contribution in [0.3, 0.4) is 0 Å². The lowest BCUT2D eigenvalue weighted by Gasteiger charge is -2.52. The van der Waals surface area contributed by atoms with Gasteiger partial charge in [0.1, 0.15) is 23.0 Å². The maximum absolute atomic E-state index is 10.8. The lowest BCUT2D eigenvalue weighted by atomic mass is 9.52. The van der Waals surface area contributed by atoms with Crippen molar-refractivity contribution < 1.29 is 20.4 Å². The minimum absolute atomic E-state index is 0.127. The van der Waals surface area contributed by atoms with Gasteiger partial charge in [0.15, 0.2) is 0 Å². The molecular weight excluding hydrogens is 580 g/mol. The molecule has 248 valence electrons. The number of hydrogen-bond donors (Lipinski definition) is 4. The molecule has 2 aliphatic carbocycles. The zero-order valence-corrected chi connectivity index (χ0v) is 29.0. The smallest absolute Gasteiger partial charge is 0.118 e. The number of phenolic OH excluding ortho intramolecular Hbond substituents is 4. The lowest BCUT2D eigenvalue weighted by Crippen LogP contribution is -2.44. The molecule has 0 atom stereocenters. The summed E-state index contributed by atoms with van der Waals surface area (Å²) in [5.74, 6) is 2.42. The summed E-state index contributed by atoms with van der Waals surface area (Å²) in [5, 5.41) is 43.0. The van der Waals surface area contributed by atoms with Crippen LogP contribution in [0.5, 0.6) is 23.0 Å². The van der Waals surface area contributed by atoms with Gasteiger partial charge in [-0.15, -0.1) is 0 Å². The number of rotatable bonds is 6. The summed E-state index contributed by atoms with van der Waals surface area (Å²) in [7, 11) is 0. The Kier molecular flexibility index (Phi) is 8.61. The molecule has 4 heteroatoms. The van der Waals surface area contributed by atoms with Gasteiger partial charge in [-0.1, -0.05) is 62.4 Å². The Morgan fingerprint density at radius 2 is 0.681 bits per heavy atom. The molecule has 0 saturated heterocycles. The lowest BCUT2D eigenvalue weighted by molar-refractivity contribution is 0.0361. The van der Waals surface area contributed by atoms with Crippen LogP contribution in [0.1, 0.15) is 110 Å². The van der Waals surface area contributed by atoms with E-state index in [1.54, 1.807) is 24.3 Å². The van der Waals surface area contributed by atoms with Crippen LogP contribution in [0.15, 0.2) is 72.8 Å². The fourth-order valence-corrected chi connectivity index (χ4v) is 9.98. The third kappa shape index (κ3) is 5.38. The van der Waals surface area contributed by atoms with E-state index in [1.807, 2.05) is 52.0 Å². The van der Waals surface area contributed by atoms with Gasteiger partial charge in [-0.25, -0.2) is 0 Å². The Hall–Kier alpha value is -3.92. The molecule has 2 fully saturated rings. The second-order valence-corrected chi connectivity index (χ2v) is 15.3. The molecule has 4 N–H and O–H groups in total. The van der Waals surface area contributed by atoms with Crippen LogP contribution >= 0.6 is 0 Å². The van der Waals surface area contributed by atoms with Gasteiger partial charge in [0.2, 0.25) is 0 Å². The fourth-order valence-electron chi connectivity index (χ4n) is 9.98. The van der Waals surface area contributed by atoms with Crippen molar-refractivity contribution in [2.45, 2.75) is 104 Å². The van der Waals surface area contributed by atoms with E-state index >= 15 is 0 Å². The molecule has 0 bridgehead atoms. The van der Waals surface area contributed by atoms with Gasteiger partial charge in [-0.3, -0.25) is 0 Å². The summed E-state index contributed by atoms with van der Waals surface area (Å²) in [5.41, 5.74) is 8.02. The van der Waals surface area contributed by atoms with E-state index in [0.29, 0.717) is 34.8 Å². The van der Waals surface area contributed by atoms with Crippen LogP contribution in [0, 0.1) is 44.9 Å². The summed E-state index contributed by atoms with van der Waals surface area (Å²) in [6.07, 6.45) is 8.20. The molecule has 4 aromatic carbocycles. The van der Waals surface area contributed by atoms with Crippen LogP contribution in [0.25, 0.3) is 0 Å². The van der Waals surface area contributed by atoms with Crippen LogP contribution in [0.4, 0.5) is 0 Å². The first kappa shape index (κ1) is 33.0. The normalized spacial score (nSPS) is 18.7. The van der Waals surface area contributed by atoms with Gasteiger partial charge in [0.05, 0.1) is 0 Å². The quantitative estimate of drug-likeness (QED) is 0.170. The van der Waals surface area contributed by atoms with Crippen LogP contribution in [0.2, 0.25) is 0 Å². The van der Waals surface area contributed by atoms with Crippen molar-refractivity contribution in [1.29, 1.82) is 0 Å². The van der Waals surface area contributed by atoms with Crippen molar-refractivity contribution in [3.05, 3.63) is 117 Å². The summed E-state index contributed by atoms with van der Waals surface area (Å²) in [6.45, 7) is 13.1. The highest BCUT2D eigenvalue weighted by atomic mass is 16.3. The SMILES string of the molecule is Cc1c(O)cccc1C1(c2cccc(O)c2C)CCC(C(C)(C)C2CCC(c3cccc(O)c3C)(c3cccc(O)c3C)CC2)CC1. The third-order valence-electron chi connectivity index (χ3n) is 13.1. The first-order valence-corrected chi connectivity index (χ1v) is 17.5. The van der Waals surface area contributed by atoms with Gasteiger partial charge in [-0.05, 0) is 165 Å². The van der Waals surface area contributed by atoms with E-state index in [4.69, 9.17) is 0 Å². The predicted octanol–water partition coefficient (Wildman–Crippen LogP) is 10.4. The molecular formula is C43H52O4. The zero-order valence-electron chi connectivity index (χ0n) is 29.0. The first-order chi connectivity index (χ1) is 22.3. The molecule has 0 heterocycles. The van der Waals surface area contributed by atoms with Crippen LogP contribution < -0.4 is 0 Å². The molecule has 2 aliphatic rings. The summed E-state index contributed by atoms with van der Waals surface area (Å²) >= 11 is 0. The summed E-state index contributed by atoms with van der Waals surface area (Å²) in [6, 6.07) is 23.7. The minimum atomic E-state index is -0.264. The second-order valence-electron chi connectivity index (χ2n) is 15.3. The molecule has 6 rings (SSSR count). The molecule has 0 amide bonds. The van der Waals surface area contributed by atoms with E-state index in [9.17, 15) is 20.4 Å². The molecule has 4 nitrogen and oxygen atoms in total. The summed E-state index contributed by atoms with van der Waals surface area (Å²) in [4.78, 5) is 0. The average Bonchev–Trinajstić information content (AvgIpc) is 3.06. The molecule has 0 spiro atoms. The van der Waals surface area contributed by atoms with Crippen molar-refractivity contribution in [3.8, 4) is 23.0 Å². The topological polar surface area (TPSA) is 80.9 Å². The maximum atomic E-state index is 10.8. The number of aromatic hydroxyl groups is 4. The van der Waals surface area contributed by atoms with E-state index in [1.165, 1.54) is 22.3 Å². The standard InChI is InChI=1S/C43H52O4/c1-27-33(11-7-15-37(27)44)42(34-12-8-16-38(45)28(34)2)23-19-31(20-24-42)41(5,6)32-21-25-43(26-22-32,35-13-9-17-39(46)29(35)3)36-14-10-18-40(47)30(36)4/h7-18,31-32,44-47H,19-26H2,1-6H3. The van der Waals surface area contributed by atoms with E-state index < -0.39 is 0 Å². The monoisotopic (exact) mass is 632 g/mol. The molecule has 4 aromatic rings. The number of phenols is 4. The van der Waals surface area contributed by atoms with Gasteiger partial charge in [0, 0.05) is 10.8 Å². The predicted molar refractivity (Wildman–Crippen MR) is 191 cm³/mol. The minimum Gasteiger partial charge on any atom is -0.508 e. The number of benzene rings is 4. The van der Waals surface area contributed by atoms with Crippen molar-refractivity contribution in [1.82, 2.24) is 0 Å². The second kappa shape index (κ2) is 12.3. The molecule has 47 heavy (non-hydrogen) atoms. The highest BCUT2D eigenvalue weighted by Gasteiger charge is 2.49. The fraction of sp³-hybridized carbons (Fsp3) is 0.442. The Morgan fingerprint density at radius 3 is 0.915 bits per heavy atom. The Morgan fingerprint density at radius 1 is 0.447 bits per heavy atom. The zero-order chi connectivity index (χ0) is 33.7. The van der Waals surface area contributed by atoms with Crippen LogP contribution in [-0.4, -0.2) is 20.4 Å². The van der Waals surface area contributed by atoms with E-state index in [0.717, 1.165) is 73.6 Å². The Bertz CT molecular complexity index is 1530. The number of hydrogen-bond acceptors (Lipinski definition) is 4. The molecule has 0 radical (unpaired) electrons. The largest absolute Gasteiger partial charge is 0.508 e.